The molecular weight excluding hydrogens is 348 g/mol. The lowest BCUT2D eigenvalue weighted by atomic mass is 10.1. The number of hydrogen-bond donors (Lipinski definition) is 0. The van der Waals surface area contributed by atoms with Gasteiger partial charge < -0.3 is 4.74 Å². The van der Waals surface area contributed by atoms with Crippen LogP contribution in [0.25, 0.3) is 16.4 Å². The van der Waals surface area contributed by atoms with Crippen LogP contribution in [0, 0.1) is 0 Å². The number of esters is 1. The average Bonchev–Trinajstić information content (AvgIpc) is 2.69. The molecule has 4 aromatic rings. The van der Waals surface area contributed by atoms with E-state index in [1.54, 1.807) is 48.7 Å². The first-order valence-corrected chi connectivity index (χ1v) is 8.15. The van der Waals surface area contributed by atoms with Crippen molar-refractivity contribution in [1.29, 1.82) is 0 Å². The summed E-state index contributed by atoms with van der Waals surface area (Å²) in [5.74, 6) is -0.697. The zero-order valence-corrected chi connectivity index (χ0v) is 14.3. The molecule has 0 aliphatic carbocycles. The Morgan fingerprint density at radius 1 is 1.07 bits per heavy atom. The Labute approximate surface area is 152 Å². The smallest absolute Gasteiger partial charge is 0.359 e. The Hall–Kier alpha value is -3.81. The zero-order chi connectivity index (χ0) is 19.0. The Bertz CT molecular complexity index is 1310. The molecule has 3 heterocycles. The van der Waals surface area contributed by atoms with E-state index in [1.807, 2.05) is 0 Å². The summed E-state index contributed by atoms with van der Waals surface area (Å²) < 4.78 is 7.79. The van der Waals surface area contributed by atoms with Crippen molar-refractivity contribution in [3.05, 3.63) is 86.8 Å². The molecule has 1 aromatic carbocycles. The van der Waals surface area contributed by atoms with Crippen LogP contribution in [-0.2, 0) is 18.4 Å². The third kappa shape index (κ3) is 2.97. The van der Waals surface area contributed by atoms with Gasteiger partial charge in [0.2, 0.25) is 0 Å². The quantitative estimate of drug-likeness (QED) is 0.510. The van der Waals surface area contributed by atoms with Crippen molar-refractivity contribution in [3.63, 3.8) is 0 Å². The topological polar surface area (TPSA) is 95.6 Å². The Morgan fingerprint density at radius 3 is 2.63 bits per heavy atom. The Kier molecular flexibility index (Phi) is 4.00. The maximum atomic E-state index is 12.5. The van der Waals surface area contributed by atoms with E-state index in [4.69, 9.17) is 4.74 Å². The minimum atomic E-state index is -0.697. The highest BCUT2D eigenvalue weighted by Crippen LogP contribution is 2.14. The molecule has 8 nitrogen and oxygen atoms in total. The molecule has 0 unspecified atom stereocenters. The van der Waals surface area contributed by atoms with Gasteiger partial charge in [0.1, 0.15) is 12.3 Å². The van der Waals surface area contributed by atoms with Crippen molar-refractivity contribution in [3.8, 4) is 0 Å². The molecule has 134 valence electrons. The summed E-state index contributed by atoms with van der Waals surface area (Å²) >= 11 is 0. The van der Waals surface area contributed by atoms with E-state index in [-0.39, 0.29) is 23.4 Å². The monoisotopic (exact) mass is 362 g/mol. The number of ether oxygens (including phenoxy) is 1. The maximum absolute atomic E-state index is 12.5. The van der Waals surface area contributed by atoms with E-state index in [0.29, 0.717) is 22.1 Å². The summed E-state index contributed by atoms with van der Waals surface area (Å²) in [4.78, 5) is 41.1. The first-order chi connectivity index (χ1) is 13.0. The van der Waals surface area contributed by atoms with Gasteiger partial charge in [0, 0.05) is 24.7 Å². The van der Waals surface area contributed by atoms with Gasteiger partial charge in [-0.3, -0.25) is 14.0 Å². The molecular formula is C19H14N4O4. The Morgan fingerprint density at radius 2 is 1.81 bits per heavy atom. The van der Waals surface area contributed by atoms with Crippen LogP contribution in [0.3, 0.4) is 0 Å². The van der Waals surface area contributed by atoms with Gasteiger partial charge in [0.05, 0.1) is 11.1 Å². The molecule has 0 fully saturated rings. The second kappa shape index (κ2) is 6.49. The summed E-state index contributed by atoms with van der Waals surface area (Å²) in [6.45, 7) is -0.182. The molecule has 0 saturated carbocycles. The van der Waals surface area contributed by atoms with Crippen molar-refractivity contribution in [2.24, 2.45) is 7.05 Å². The van der Waals surface area contributed by atoms with Gasteiger partial charge in [-0.25, -0.2) is 14.5 Å². The van der Waals surface area contributed by atoms with Crippen LogP contribution in [-0.4, -0.2) is 25.1 Å². The maximum Gasteiger partial charge on any atom is 0.359 e. The van der Waals surface area contributed by atoms with Gasteiger partial charge in [0.15, 0.2) is 5.69 Å². The van der Waals surface area contributed by atoms with Crippen molar-refractivity contribution >= 4 is 22.4 Å². The second-order valence-corrected chi connectivity index (χ2v) is 5.91. The number of aryl methyl sites for hydroxylation is 1. The highest BCUT2D eigenvalue weighted by Gasteiger charge is 2.17. The molecule has 0 aliphatic rings. The number of aromatic nitrogens is 4. The number of fused-ring (bicyclic) bond motifs is 2. The summed E-state index contributed by atoms with van der Waals surface area (Å²) in [6.07, 6.45) is 1.61. The first-order valence-electron chi connectivity index (χ1n) is 8.15. The van der Waals surface area contributed by atoms with Gasteiger partial charge in [0.25, 0.3) is 11.1 Å². The van der Waals surface area contributed by atoms with Crippen LogP contribution in [0.1, 0.15) is 16.2 Å². The fourth-order valence-corrected chi connectivity index (χ4v) is 2.84. The lowest BCUT2D eigenvalue weighted by molar-refractivity contribution is 0.0460. The van der Waals surface area contributed by atoms with E-state index < -0.39 is 5.97 Å². The summed E-state index contributed by atoms with van der Waals surface area (Å²) in [5, 5.41) is 4.82. The molecule has 27 heavy (non-hydrogen) atoms. The highest BCUT2D eigenvalue weighted by molar-refractivity contribution is 6.02. The standard InChI is InChI=1S/C19H14N4O4/c1-22-18(25)14-7-3-2-6-13(14)17(21-22)19(26)27-11-12-10-16(24)23-9-5-4-8-15(23)20-12/h2-10H,11H2,1H3. The molecule has 8 heteroatoms. The SMILES string of the molecule is Cn1nc(C(=O)OCc2cc(=O)n3ccccc3n2)c2ccccc2c1=O. The fraction of sp³-hybridized carbons (Fsp3) is 0.105. The van der Waals surface area contributed by atoms with Crippen LogP contribution < -0.4 is 11.1 Å². The summed E-state index contributed by atoms with van der Waals surface area (Å²) in [7, 11) is 1.47. The predicted molar refractivity (Wildman–Crippen MR) is 97.6 cm³/mol. The van der Waals surface area contributed by atoms with Gasteiger partial charge in [-0.15, -0.1) is 0 Å². The third-order valence-electron chi connectivity index (χ3n) is 4.13. The van der Waals surface area contributed by atoms with Crippen LogP contribution in [0.4, 0.5) is 0 Å². The number of nitrogens with zero attached hydrogens (tertiary/aromatic N) is 4. The predicted octanol–water partition coefficient (Wildman–Crippen LogP) is 1.30. The van der Waals surface area contributed by atoms with Crippen molar-refractivity contribution in [1.82, 2.24) is 19.2 Å². The third-order valence-corrected chi connectivity index (χ3v) is 4.13. The van der Waals surface area contributed by atoms with Gasteiger partial charge in [-0.05, 0) is 18.2 Å². The fourth-order valence-electron chi connectivity index (χ4n) is 2.84. The van der Waals surface area contributed by atoms with Crippen LogP contribution in [0.2, 0.25) is 0 Å². The van der Waals surface area contributed by atoms with E-state index in [2.05, 4.69) is 10.1 Å². The van der Waals surface area contributed by atoms with Crippen molar-refractivity contribution < 1.29 is 9.53 Å². The molecule has 0 amide bonds. The van der Waals surface area contributed by atoms with Gasteiger partial charge in [-0.1, -0.05) is 24.3 Å². The molecule has 0 N–H and O–H groups in total. The molecule has 0 bridgehead atoms. The molecule has 0 spiro atoms. The summed E-state index contributed by atoms with van der Waals surface area (Å²) in [6, 6.07) is 13.2. The van der Waals surface area contributed by atoms with E-state index >= 15 is 0 Å². The van der Waals surface area contributed by atoms with Crippen LogP contribution in [0.15, 0.2) is 64.3 Å². The molecule has 0 radical (unpaired) electrons. The molecule has 0 saturated heterocycles. The number of carbonyl (C=O) groups is 1. The minimum Gasteiger partial charge on any atom is -0.454 e. The van der Waals surface area contributed by atoms with Crippen molar-refractivity contribution in [2.75, 3.05) is 0 Å². The van der Waals surface area contributed by atoms with E-state index in [1.165, 1.54) is 17.5 Å². The summed E-state index contributed by atoms with van der Waals surface area (Å²) in [5.41, 5.74) is 0.254. The largest absolute Gasteiger partial charge is 0.454 e. The zero-order valence-electron chi connectivity index (χ0n) is 14.3. The van der Waals surface area contributed by atoms with Crippen LogP contribution in [0.5, 0.6) is 0 Å². The number of benzene rings is 1. The number of hydrogen-bond acceptors (Lipinski definition) is 6. The van der Waals surface area contributed by atoms with Gasteiger partial charge in [-0.2, -0.15) is 5.10 Å². The molecule has 3 aromatic heterocycles. The number of carbonyl (C=O) groups excluding carboxylic acids is 1. The highest BCUT2D eigenvalue weighted by atomic mass is 16.5. The lowest BCUT2D eigenvalue weighted by Gasteiger charge is -2.08. The number of rotatable bonds is 3. The normalized spacial score (nSPS) is 11.0. The van der Waals surface area contributed by atoms with E-state index in [9.17, 15) is 14.4 Å². The average molecular weight is 362 g/mol. The molecule has 4 rings (SSSR count). The lowest BCUT2D eigenvalue weighted by Crippen LogP contribution is -2.24. The minimum absolute atomic E-state index is 0.0326. The van der Waals surface area contributed by atoms with Crippen LogP contribution >= 0.6 is 0 Å². The Balaban J connectivity index is 1.66. The number of pyridine rings is 1. The van der Waals surface area contributed by atoms with E-state index in [0.717, 1.165) is 4.68 Å². The molecule has 0 aliphatic heterocycles. The van der Waals surface area contributed by atoms with Crippen molar-refractivity contribution in [2.45, 2.75) is 6.61 Å². The first kappa shape index (κ1) is 16.6. The molecule has 0 atom stereocenters. The van der Waals surface area contributed by atoms with Gasteiger partial charge >= 0.3 is 5.97 Å². The second-order valence-electron chi connectivity index (χ2n) is 5.91.